The molecular formula is C13H13ClN8O2. The maximum atomic E-state index is 10.7. The zero-order valence-corrected chi connectivity index (χ0v) is 13.1. The molecule has 24 heavy (non-hydrogen) atoms. The summed E-state index contributed by atoms with van der Waals surface area (Å²) >= 11 is 5.94. The molecule has 0 saturated carbocycles. The van der Waals surface area contributed by atoms with Gasteiger partial charge in [-0.05, 0) is 18.9 Å². The van der Waals surface area contributed by atoms with E-state index < -0.39 is 4.92 Å². The van der Waals surface area contributed by atoms with Crippen LogP contribution in [0, 0.1) is 10.1 Å². The van der Waals surface area contributed by atoms with Crippen LogP contribution in [0.2, 0.25) is 5.15 Å². The third kappa shape index (κ3) is 3.33. The van der Waals surface area contributed by atoms with E-state index in [1.807, 2.05) is 0 Å². The highest BCUT2D eigenvalue weighted by molar-refractivity contribution is 6.29. The predicted octanol–water partition coefficient (Wildman–Crippen LogP) is 1.71. The molecule has 3 aromatic heterocycles. The summed E-state index contributed by atoms with van der Waals surface area (Å²) in [5.41, 5.74) is 6.67. The zero-order chi connectivity index (χ0) is 17.1. The second kappa shape index (κ2) is 6.62. The van der Waals surface area contributed by atoms with E-state index in [4.69, 9.17) is 17.3 Å². The molecule has 11 heteroatoms. The van der Waals surface area contributed by atoms with Crippen LogP contribution < -0.4 is 11.1 Å². The van der Waals surface area contributed by atoms with Crippen molar-refractivity contribution in [1.82, 2.24) is 24.6 Å². The number of aromatic nitrogens is 5. The Morgan fingerprint density at radius 3 is 2.96 bits per heavy atom. The van der Waals surface area contributed by atoms with Gasteiger partial charge in [-0.2, -0.15) is 9.61 Å². The van der Waals surface area contributed by atoms with Crippen LogP contribution in [-0.4, -0.2) is 36.0 Å². The third-order valence-corrected chi connectivity index (χ3v) is 3.48. The lowest BCUT2D eigenvalue weighted by Crippen LogP contribution is -2.10. The largest absolute Gasteiger partial charge is 0.378 e. The smallest absolute Gasteiger partial charge is 0.311 e. The monoisotopic (exact) mass is 348 g/mol. The van der Waals surface area contributed by atoms with Gasteiger partial charge in [-0.3, -0.25) is 10.1 Å². The SMILES string of the molecule is Nc1nc(CCCNc2nc(Cl)cc3ncnn23)ccc1[N+](=O)[O-]. The van der Waals surface area contributed by atoms with Gasteiger partial charge < -0.3 is 11.1 Å². The lowest BCUT2D eigenvalue weighted by atomic mass is 10.2. The van der Waals surface area contributed by atoms with E-state index in [-0.39, 0.29) is 11.5 Å². The van der Waals surface area contributed by atoms with Crippen LogP contribution in [0.5, 0.6) is 0 Å². The molecule has 3 heterocycles. The number of halogens is 1. The van der Waals surface area contributed by atoms with Crippen molar-refractivity contribution >= 4 is 34.7 Å². The molecule has 0 fully saturated rings. The number of hydrogen-bond donors (Lipinski definition) is 2. The van der Waals surface area contributed by atoms with Crippen molar-refractivity contribution in [2.24, 2.45) is 0 Å². The van der Waals surface area contributed by atoms with Crippen LogP contribution in [0.1, 0.15) is 12.1 Å². The maximum absolute atomic E-state index is 10.7. The number of hydrogen-bond acceptors (Lipinski definition) is 8. The van der Waals surface area contributed by atoms with E-state index in [9.17, 15) is 10.1 Å². The molecule has 0 amide bonds. The summed E-state index contributed by atoms with van der Waals surface area (Å²) in [6.45, 7) is 0.584. The molecule has 0 saturated heterocycles. The molecule has 3 N–H and O–H groups in total. The molecule has 0 unspecified atom stereocenters. The quantitative estimate of drug-likeness (QED) is 0.297. The third-order valence-electron chi connectivity index (χ3n) is 3.29. The first-order chi connectivity index (χ1) is 11.5. The fraction of sp³-hybridized carbons (Fsp3) is 0.231. The first kappa shape index (κ1) is 15.9. The summed E-state index contributed by atoms with van der Waals surface area (Å²) in [5.74, 6) is 0.414. The van der Waals surface area contributed by atoms with Crippen molar-refractivity contribution in [2.45, 2.75) is 12.8 Å². The van der Waals surface area contributed by atoms with Gasteiger partial charge in [-0.15, -0.1) is 0 Å². The minimum Gasteiger partial charge on any atom is -0.378 e. The number of nitrogens with one attached hydrogen (secondary N) is 1. The first-order valence-electron chi connectivity index (χ1n) is 7.04. The van der Waals surface area contributed by atoms with E-state index in [0.717, 1.165) is 0 Å². The molecule has 0 spiro atoms. The molecule has 3 rings (SSSR count). The van der Waals surface area contributed by atoms with Crippen molar-refractivity contribution in [1.29, 1.82) is 0 Å². The Morgan fingerprint density at radius 1 is 1.38 bits per heavy atom. The molecule has 10 nitrogen and oxygen atoms in total. The van der Waals surface area contributed by atoms with Gasteiger partial charge in [0.05, 0.1) is 4.92 Å². The van der Waals surface area contributed by atoms with E-state index in [0.29, 0.717) is 41.8 Å². The summed E-state index contributed by atoms with van der Waals surface area (Å²) < 4.78 is 1.55. The van der Waals surface area contributed by atoms with Crippen molar-refractivity contribution < 1.29 is 4.92 Å². The van der Waals surface area contributed by atoms with Crippen molar-refractivity contribution in [3.63, 3.8) is 0 Å². The molecule has 3 aromatic rings. The lowest BCUT2D eigenvalue weighted by Gasteiger charge is -2.07. The summed E-state index contributed by atoms with van der Waals surface area (Å²) in [5, 5.41) is 18.2. The summed E-state index contributed by atoms with van der Waals surface area (Å²) in [6, 6.07) is 4.58. The van der Waals surface area contributed by atoms with Gasteiger partial charge in [-0.25, -0.2) is 15.0 Å². The number of nitrogen functional groups attached to an aromatic ring is 1. The molecule has 0 bridgehead atoms. The minimum atomic E-state index is -0.554. The number of aryl methyl sites for hydroxylation is 1. The highest BCUT2D eigenvalue weighted by Crippen LogP contribution is 2.19. The molecular weight excluding hydrogens is 336 g/mol. The Morgan fingerprint density at radius 2 is 2.21 bits per heavy atom. The number of rotatable bonds is 6. The molecule has 0 aliphatic heterocycles. The van der Waals surface area contributed by atoms with Gasteiger partial charge >= 0.3 is 5.69 Å². The lowest BCUT2D eigenvalue weighted by molar-refractivity contribution is -0.384. The van der Waals surface area contributed by atoms with Crippen LogP contribution in [0.3, 0.4) is 0 Å². The number of nitrogens with two attached hydrogens (primary N) is 1. The van der Waals surface area contributed by atoms with Crippen LogP contribution in [0.15, 0.2) is 24.5 Å². The summed E-state index contributed by atoms with van der Waals surface area (Å²) in [6.07, 6.45) is 2.74. The standard InChI is InChI=1S/C13H13ClN8O2/c14-10-6-11-17-7-18-21(11)13(20-10)16-5-1-2-8-3-4-9(22(23)24)12(15)19-8/h3-4,6-7H,1-2,5H2,(H2,15,19)(H,16,20). The normalized spacial score (nSPS) is 10.9. The number of nitrogens with zero attached hydrogens (tertiary/aromatic N) is 6. The van der Waals surface area contributed by atoms with Crippen LogP contribution in [-0.2, 0) is 6.42 Å². The fourth-order valence-electron chi connectivity index (χ4n) is 2.19. The van der Waals surface area contributed by atoms with Crippen molar-refractivity contribution in [2.75, 3.05) is 17.6 Å². The first-order valence-corrected chi connectivity index (χ1v) is 7.42. The number of nitro groups is 1. The minimum absolute atomic E-state index is 0.0775. The molecule has 0 atom stereocenters. The number of pyridine rings is 1. The van der Waals surface area contributed by atoms with Gasteiger partial charge in [0.2, 0.25) is 11.8 Å². The van der Waals surface area contributed by atoms with Crippen molar-refractivity contribution in [3.05, 3.63) is 45.5 Å². The highest BCUT2D eigenvalue weighted by atomic mass is 35.5. The average Bonchev–Trinajstić information content (AvgIpc) is 2.99. The Kier molecular flexibility index (Phi) is 4.38. The van der Waals surface area contributed by atoms with Crippen molar-refractivity contribution in [3.8, 4) is 0 Å². The average molecular weight is 349 g/mol. The molecule has 124 valence electrons. The molecule has 0 aliphatic carbocycles. The van der Waals surface area contributed by atoms with Crippen LogP contribution in [0.4, 0.5) is 17.5 Å². The van der Waals surface area contributed by atoms with E-state index in [2.05, 4.69) is 25.4 Å². The molecule has 0 aliphatic rings. The maximum Gasteiger partial charge on any atom is 0.311 e. The second-order valence-electron chi connectivity index (χ2n) is 4.93. The van der Waals surface area contributed by atoms with E-state index in [1.54, 1.807) is 16.6 Å². The molecule has 0 aromatic carbocycles. The van der Waals surface area contributed by atoms with Gasteiger partial charge in [0.25, 0.3) is 0 Å². The second-order valence-corrected chi connectivity index (χ2v) is 5.31. The Labute approximate surface area is 140 Å². The van der Waals surface area contributed by atoms with Gasteiger partial charge in [-0.1, -0.05) is 11.6 Å². The van der Waals surface area contributed by atoms with Crippen LogP contribution >= 0.6 is 11.6 Å². The summed E-state index contributed by atoms with van der Waals surface area (Å²) in [7, 11) is 0. The Balaban J connectivity index is 1.60. The van der Waals surface area contributed by atoms with E-state index in [1.165, 1.54) is 12.4 Å². The van der Waals surface area contributed by atoms with Gasteiger partial charge in [0.15, 0.2) is 5.65 Å². The zero-order valence-electron chi connectivity index (χ0n) is 12.4. The van der Waals surface area contributed by atoms with Crippen LogP contribution in [0.25, 0.3) is 5.65 Å². The molecule has 0 radical (unpaired) electrons. The fourth-order valence-corrected chi connectivity index (χ4v) is 2.36. The predicted molar refractivity (Wildman–Crippen MR) is 87.9 cm³/mol. The Hall–Kier alpha value is -3.01. The number of anilines is 2. The van der Waals surface area contributed by atoms with E-state index >= 15 is 0 Å². The van der Waals surface area contributed by atoms with Gasteiger partial charge in [0, 0.05) is 24.4 Å². The Bertz CT molecular complexity index is 897. The highest BCUT2D eigenvalue weighted by Gasteiger charge is 2.12. The topological polar surface area (TPSA) is 137 Å². The van der Waals surface area contributed by atoms with Gasteiger partial charge in [0.1, 0.15) is 11.5 Å². The number of fused-ring (bicyclic) bond motifs is 1. The summed E-state index contributed by atoms with van der Waals surface area (Å²) in [4.78, 5) is 22.4.